The Balaban J connectivity index is 2.72. The zero-order valence-corrected chi connectivity index (χ0v) is 12.5. The van der Waals surface area contributed by atoms with Gasteiger partial charge >= 0.3 is 11.8 Å². The summed E-state index contributed by atoms with van der Waals surface area (Å²) in [5, 5.41) is 6.20. The third-order valence-electron chi connectivity index (χ3n) is 2.43. The first-order chi connectivity index (χ1) is 9.97. The number of methoxy groups -OCH3 is 2. The largest absolute Gasteiger partial charge is 0.497 e. The molecule has 0 bridgehead atoms. The number of benzene rings is 1. The van der Waals surface area contributed by atoms with E-state index in [1.165, 1.54) is 13.3 Å². The molecule has 1 aromatic carbocycles. The third kappa shape index (κ3) is 5.13. The van der Waals surface area contributed by atoms with Gasteiger partial charge in [0.15, 0.2) is 0 Å². The highest BCUT2D eigenvalue weighted by Gasteiger charge is 2.13. The number of nitrogens with one attached hydrogen (secondary N) is 2. The summed E-state index contributed by atoms with van der Waals surface area (Å²) in [5.74, 6) is -0.372. The molecule has 0 spiro atoms. The standard InChI is InChI=1S/C14H19N3O4/c1-9(2)16-13(18)14(19)17-15-8-10-7-11(20-3)5-6-12(10)21-4/h5-9H,1-4H3,(H,16,18)(H,17,19)/b15-8+. The van der Waals surface area contributed by atoms with Gasteiger partial charge in [-0.3, -0.25) is 9.59 Å². The molecule has 0 unspecified atom stereocenters. The first kappa shape index (κ1) is 16.5. The van der Waals surface area contributed by atoms with Crippen LogP contribution in [0.3, 0.4) is 0 Å². The van der Waals surface area contributed by atoms with Crippen molar-refractivity contribution in [1.82, 2.24) is 10.7 Å². The van der Waals surface area contributed by atoms with Crippen molar-refractivity contribution < 1.29 is 19.1 Å². The fourth-order valence-corrected chi connectivity index (χ4v) is 1.48. The van der Waals surface area contributed by atoms with Crippen LogP contribution in [0.1, 0.15) is 19.4 Å². The van der Waals surface area contributed by atoms with Crippen molar-refractivity contribution in [2.24, 2.45) is 5.10 Å². The number of hydrogen-bond donors (Lipinski definition) is 2. The molecule has 2 N–H and O–H groups in total. The maximum atomic E-state index is 11.5. The predicted octanol–water partition coefficient (Wildman–Crippen LogP) is 0.678. The minimum atomic E-state index is -0.832. The Kier molecular flexibility index (Phi) is 6.19. The van der Waals surface area contributed by atoms with Gasteiger partial charge in [-0.05, 0) is 32.0 Å². The molecule has 0 aliphatic carbocycles. The van der Waals surface area contributed by atoms with Crippen molar-refractivity contribution in [1.29, 1.82) is 0 Å². The molecule has 7 heteroatoms. The normalized spacial score (nSPS) is 10.5. The molecule has 0 aliphatic rings. The van der Waals surface area contributed by atoms with E-state index in [2.05, 4.69) is 15.8 Å². The number of rotatable bonds is 5. The third-order valence-corrected chi connectivity index (χ3v) is 2.43. The van der Waals surface area contributed by atoms with Crippen LogP contribution in [-0.4, -0.2) is 38.3 Å². The van der Waals surface area contributed by atoms with Gasteiger partial charge < -0.3 is 14.8 Å². The summed E-state index contributed by atoms with van der Waals surface area (Å²) >= 11 is 0. The van der Waals surface area contributed by atoms with Gasteiger partial charge in [0, 0.05) is 11.6 Å². The van der Waals surface area contributed by atoms with E-state index in [9.17, 15) is 9.59 Å². The van der Waals surface area contributed by atoms with E-state index in [0.29, 0.717) is 17.1 Å². The zero-order valence-electron chi connectivity index (χ0n) is 12.5. The van der Waals surface area contributed by atoms with Crippen LogP contribution in [0.4, 0.5) is 0 Å². The van der Waals surface area contributed by atoms with Gasteiger partial charge in [-0.15, -0.1) is 0 Å². The lowest BCUT2D eigenvalue weighted by Gasteiger charge is -2.07. The molecule has 21 heavy (non-hydrogen) atoms. The fourth-order valence-electron chi connectivity index (χ4n) is 1.48. The minimum absolute atomic E-state index is 0.120. The van der Waals surface area contributed by atoms with Crippen LogP contribution >= 0.6 is 0 Å². The van der Waals surface area contributed by atoms with Gasteiger partial charge in [0.25, 0.3) is 0 Å². The molecule has 0 radical (unpaired) electrons. The molecule has 7 nitrogen and oxygen atoms in total. The lowest BCUT2D eigenvalue weighted by atomic mass is 10.2. The second kappa shape index (κ2) is 7.88. The van der Waals surface area contributed by atoms with Gasteiger partial charge in [0.1, 0.15) is 11.5 Å². The summed E-state index contributed by atoms with van der Waals surface area (Å²) in [4.78, 5) is 22.8. The highest BCUT2D eigenvalue weighted by atomic mass is 16.5. The summed E-state index contributed by atoms with van der Waals surface area (Å²) < 4.78 is 10.3. The molecule has 114 valence electrons. The fraction of sp³-hybridized carbons (Fsp3) is 0.357. The molecule has 0 heterocycles. The van der Waals surface area contributed by atoms with E-state index in [-0.39, 0.29) is 6.04 Å². The summed E-state index contributed by atoms with van der Waals surface area (Å²) in [6.45, 7) is 3.52. The van der Waals surface area contributed by atoms with Gasteiger partial charge in [0.05, 0.1) is 20.4 Å². The molecule has 1 rings (SSSR count). The molecule has 0 aliphatic heterocycles. The number of hydrogen-bond acceptors (Lipinski definition) is 5. The summed E-state index contributed by atoms with van der Waals surface area (Å²) in [6, 6.07) is 5.03. The van der Waals surface area contributed by atoms with E-state index in [0.717, 1.165) is 0 Å². The number of carbonyl (C=O) groups is 2. The van der Waals surface area contributed by atoms with E-state index in [1.54, 1.807) is 39.2 Å². The smallest absolute Gasteiger partial charge is 0.329 e. The molecule has 0 fully saturated rings. The predicted molar refractivity (Wildman–Crippen MR) is 78.6 cm³/mol. The topological polar surface area (TPSA) is 89.0 Å². The molecule has 2 amide bonds. The van der Waals surface area contributed by atoms with Crippen LogP contribution in [0.5, 0.6) is 11.5 Å². The van der Waals surface area contributed by atoms with Crippen molar-refractivity contribution in [2.75, 3.05) is 14.2 Å². The molecule has 0 aromatic heterocycles. The van der Waals surface area contributed by atoms with Crippen molar-refractivity contribution in [3.05, 3.63) is 23.8 Å². The van der Waals surface area contributed by atoms with E-state index in [1.807, 2.05) is 0 Å². The minimum Gasteiger partial charge on any atom is -0.497 e. The number of carbonyl (C=O) groups excluding carboxylic acids is 2. The Morgan fingerprint density at radius 2 is 1.90 bits per heavy atom. The number of nitrogens with zero attached hydrogens (tertiary/aromatic N) is 1. The van der Waals surface area contributed by atoms with Gasteiger partial charge in [0.2, 0.25) is 0 Å². The Bertz CT molecular complexity index is 541. The van der Waals surface area contributed by atoms with Crippen molar-refractivity contribution in [3.63, 3.8) is 0 Å². The lowest BCUT2D eigenvalue weighted by Crippen LogP contribution is -2.41. The second-order valence-corrected chi connectivity index (χ2v) is 4.44. The average Bonchev–Trinajstić information content (AvgIpc) is 2.46. The molecular formula is C14H19N3O4. The average molecular weight is 293 g/mol. The Labute approximate surface area is 123 Å². The maximum Gasteiger partial charge on any atom is 0.329 e. The quantitative estimate of drug-likeness (QED) is 0.474. The SMILES string of the molecule is COc1ccc(OC)c(/C=N/NC(=O)C(=O)NC(C)C)c1. The van der Waals surface area contributed by atoms with Crippen LogP contribution in [0.2, 0.25) is 0 Å². The number of ether oxygens (including phenoxy) is 2. The Hall–Kier alpha value is -2.57. The lowest BCUT2D eigenvalue weighted by molar-refractivity contribution is -0.139. The molecule has 1 aromatic rings. The van der Waals surface area contributed by atoms with E-state index >= 15 is 0 Å². The number of hydrazone groups is 1. The zero-order chi connectivity index (χ0) is 15.8. The molecular weight excluding hydrogens is 274 g/mol. The van der Waals surface area contributed by atoms with Crippen molar-refractivity contribution in [2.45, 2.75) is 19.9 Å². The molecule has 0 atom stereocenters. The van der Waals surface area contributed by atoms with Crippen molar-refractivity contribution in [3.8, 4) is 11.5 Å². The van der Waals surface area contributed by atoms with Crippen LogP contribution in [0.15, 0.2) is 23.3 Å². The summed E-state index contributed by atoms with van der Waals surface area (Å²) in [7, 11) is 3.06. The molecule has 0 saturated carbocycles. The van der Waals surface area contributed by atoms with E-state index < -0.39 is 11.8 Å². The summed E-state index contributed by atoms with van der Waals surface area (Å²) in [5.41, 5.74) is 2.76. The van der Waals surface area contributed by atoms with Crippen LogP contribution in [0.25, 0.3) is 0 Å². The first-order valence-corrected chi connectivity index (χ1v) is 6.33. The van der Waals surface area contributed by atoms with E-state index in [4.69, 9.17) is 9.47 Å². The van der Waals surface area contributed by atoms with Crippen LogP contribution in [-0.2, 0) is 9.59 Å². The van der Waals surface area contributed by atoms with Crippen molar-refractivity contribution >= 4 is 18.0 Å². The summed E-state index contributed by atoms with van der Waals surface area (Å²) in [6.07, 6.45) is 1.38. The monoisotopic (exact) mass is 293 g/mol. The van der Waals surface area contributed by atoms with Gasteiger partial charge in [-0.1, -0.05) is 0 Å². The Morgan fingerprint density at radius 3 is 2.48 bits per heavy atom. The Morgan fingerprint density at radius 1 is 1.19 bits per heavy atom. The van der Waals surface area contributed by atoms with Crippen LogP contribution < -0.4 is 20.2 Å². The first-order valence-electron chi connectivity index (χ1n) is 6.33. The number of amides is 2. The molecule has 0 saturated heterocycles. The van der Waals surface area contributed by atoms with Gasteiger partial charge in [-0.2, -0.15) is 5.10 Å². The van der Waals surface area contributed by atoms with Crippen LogP contribution in [0, 0.1) is 0 Å². The van der Waals surface area contributed by atoms with Gasteiger partial charge in [-0.25, -0.2) is 5.43 Å². The second-order valence-electron chi connectivity index (χ2n) is 4.44. The highest BCUT2D eigenvalue weighted by Crippen LogP contribution is 2.22. The maximum absolute atomic E-state index is 11.5. The highest BCUT2D eigenvalue weighted by molar-refractivity contribution is 6.35.